The summed E-state index contributed by atoms with van der Waals surface area (Å²) in [5.41, 5.74) is 1.84. The Hall–Kier alpha value is -3.43. The number of methoxy groups -OCH3 is 2. The molecule has 152 valence electrons. The van der Waals surface area contributed by atoms with Gasteiger partial charge in [0.1, 0.15) is 23.4 Å². The number of rotatable bonds is 5. The van der Waals surface area contributed by atoms with Gasteiger partial charge in [-0.15, -0.1) is 5.10 Å². The number of hydrogen-bond donors (Lipinski definition) is 0. The fourth-order valence-electron chi connectivity index (χ4n) is 3.57. The lowest BCUT2D eigenvalue weighted by atomic mass is 10.1. The summed E-state index contributed by atoms with van der Waals surface area (Å²) in [5, 5.41) is 8.38. The van der Waals surface area contributed by atoms with E-state index in [0.717, 1.165) is 11.5 Å². The maximum absolute atomic E-state index is 13.2. The predicted molar refractivity (Wildman–Crippen MR) is 106 cm³/mol. The molecule has 1 saturated heterocycles. The Bertz CT molecular complexity index is 1010. The first-order valence-corrected chi connectivity index (χ1v) is 9.47. The molecule has 0 bridgehead atoms. The van der Waals surface area contributed by atoms with Crippen molar-refractivity contribution in [1.82, 2.24) is 29.9 Å². The summed E-state index contributed by atoms with van der Waals surface area (Å²) in [6.45, 7) is 5.05. The first-order chi connectivity index (χ1) is 14.2. The molecule has 0 saturated carbocycles. The highest BCUT2D eigenvalue weighted by Crippen LogP contribution is 2.30. The number of benzene rings is 1. The third-order valence-corrected chi connectivity index (χ3v) is 5.09. The van der Waals surface area contributed by atoms with Crippen molar-refractivity contribution >= 4 is 22.9 Å². The van der Waals surface area contributed by atoms with Crippen LogP contribution in [0.3, 0.4) is 0 Å². The Morgan fingerprint density at radius 3 is 2.38 bits per heavy atom. The van der Waals surface area contributed by atoms with Crippen LogP contribution in [0, 0.1) is 0 Å². The summed E-state index contributed by atoms with van der Waals surface area (Å²) in [6, 6.07) is 5.33. The molecule has 0 aliphatic carbocycles. The SMILES string of the molecule is CCn1nnc2c(N3CCN(C(=O)c4c(OC)cccc4OC)CC3)ncnc21. The fourth-order valence-corrected chi connectivity index (χ4v) is 3.57. The molecular weight excluding hydrogens is 374 g/mol. The zero-order valence-electron chi connectivity index (χ0n) is 16.7. The lowest BCUT2D eigenvalue weighted by Gasteiger charge is -2.35. The molecule has 1 amide bonds. The second kappa shape index (κ2) is 7.90. The van der Waals surface area contributed by atoms with E-state index in [4.69, 9.17) is 9.47 Å². The number of aryl methyl sites for hydroxylation is 1. The molecule has 0 spiro atoms. The molecular formula is C19H23N7O3. The number of piperazine rings is 1. The van der Waals surface area contributed by atoms with Crippen molar-refractivity contribution < 1.29 is 14.3 Å². The second-order valence-electron chi connectivity index (χ2n) is 6.59. The minimum Gasteiger partial charge on any atom is -0.496 e. The highest BCUT2D eigenvalue weighted by molar-refractivity contribution is 6.00. The molecule has 1 fully saturated rings. The summed E-state index contributed by atoms with van der Waals surface area (Å²) >= 11 is 0. The van der Waals surface area contributed by atoms with E-state index in [1.54, 1.807) is 42.0 Å². The zero-order valence-corrected chi connectivity index (χ0v) is 16.7. The highest BCUT2D eigenvalue weighted by Gasteiger charge is 2.28. The van der Waals surface area contributed by atoms with Crippen LogP contribution >= 0.6 is 0 Å². The lowest BCUT2D eigenvalue weighted by Crippen LogP contribution is -2.49. The maximum atomic E-state index is 13.2. The average molecular weight is 397 g/mol. The van der Waals surface area contributed by atoms with Crippen LogP contribution < -0.4 is 14.4 Å². The van der Waals surface area contributed by atoms with E-state index in [1.807, 2.05) is 6.92 Å². The summed E-state index contributed by atoms with van der Waals surface area (Å²) in [5.74, 6) is 1.65. The summed E-state index contributed by atoms with van der Waals surface area (Å²) in [6.07, 6.45) is 1.53. The van der Waals surface area contributed by atoms with E-state index in [-0.39, 0.29) is 5.91 Å². The van der Waals surface area contributed by atoms with Crippen molar-refractivity contribution in [2.45, 2.75) is 13.5 Å². The summed E-state index contributed by atoms with van der Waals surface area (Å²) in [4.78, 5) is 25.8. The van der Waals surface area contributed by atoms with Crippen molar-refractivity contribution in [3.8, 4) is 11.5 Å². The number of anilines is 1. The topological polar surface area (TPSA) is 98.5 Å². The largest absolute Gasteiger partial charge is 0.496 e. The van der Waals surface area contributed by atoms with Gasteiger partial charge in [0.15, 0.2) is 17.0 Å². The van der Waals surface area contributed by atoms with Crippen LogP contribution in [0.5, 0.6) is 11.5 Å². The molecule has 4 rings (SSSR count). The van der Waals surface area contributed by atoms with E-state index >= 15 is 0 Å². The Labute approximate surface area is 168 Å². The summed E-state index contributed by atoms with van der Waals surface area (Å²) < 4.78 is 12.5. The van der Waals surface area contributed by atoms with Gasteiger partial charge in [0.05, 0.1) is 14.2 Å². The lowest BCUT2D eigenvalue weighted by molar-refractivity contribution is 0.0739. The molecule has 3 aromatic rings. The maximum Gasteiger partial charge on any atom is 0.261 e. The Morgan fingerprint density at radius 2 is 1.76 bits per heavy atom. The van der Waals surface area contributed by atoms with Crippen molar-refractivity contribution in [3.05, 3.63) is 30.1 Å². The number of fused-ring (bicyclic) bond motifs is 1. The van der Waals surface area contributed by atoms with Crippen LogP contribution in [0.4, 0.5) is 5.82 Å². The number of amides is 1. The van der Waals surface area contributed by atoms with Gasteiger partial charge in [0.2, 0.25) is 0 Å². The molecule has 1 aliphatic rings. The van der Waals surface area contributed by atoms with Crippen molar-refractivity contribution in [2.24, 2.45) is 0 Å². The highest BCUT2D eigenvalue weighted by atomic mass is 16.5. The number of ether oxygens (including phenoxy) is 2. The normalized spacial score (nSPS) is 14.3. The Balaban J connectivity index is 1.54. The third-order valence-electron chi connectivity index (χ3n) is 5.09. The molecule has 0 atom stereocenters. The van der Waals surface area contributed by atoms with Gasteiger partial charge in [0, 0.05) is 32.7 Å². The van der Waals surface area contributed by atoms with Crippen LogP contribution in [-0.2, 0) is 6.54 Å². The minimum absolute atomic E-state index is 0.108. The van der Waals surface area contributed by atoms with Crippen molar-refractivity contribution in [2.75, 3.05) is 45.3 Å². The molecule has 0 radical (unpaired) electrons. The van der Waals surface area contributed by atoms with Gasteiger partial charge in [-0.2, -0.15) is 0 Å². The number of carbonyl (C=O) groups is 1. The Kier molecular flexibility index (Phi) is 5.15. The molecule has 0 unspecified atom stereocenters. The van der Waals surface area contributed by atoms with E-state index in [9.17, 15) is 4.79 Å². The van der Waals surface area contributed by atoms with Crippen molar-refractivity contribution in [3.63, 3.8) is 0 Å². The van der Waals surface area contributed by atoms with Crippen LogP contribution in [0.25, 0.3) is 11.2 Å². The average Bonchev–Trinajstić information content (AvgIpc) is 3.21. The van der Waals surface area contributed by atoms with E-state index in [2.05, 4.69) is 25.2 Å². The molecule has 1 aromatic carbocycles. The molecule has 10 heteroatoms. The predicted octanol–water partition coefficient (Wildman–Crippen LogP) is 1.22. The molecule has 29 heavy (non-hydrogen) atoms. The van der Waals surface area contributed by atoms with Gasteiger partial charge in [-0.05, 0) is 19.1 Å². The van der Waals surface area contributed by atoms with Crippen LogP contribution in [-0.4, -0.2) is 76.2 Å². The van der Waals surface area contributed by atoms with Crippen LogP contribution in [0.15, 0.2) is 24.5 Å². The minimum atomic E-state index is -0.108. The van der Waals surface area contributed by atoms with Crippen LogP contribution in [0.1, 0.15) is 17.3 Å². The smallest absolute Gasteiger partial charge is 0.261 e. The Morgan fingerprint density at radius 1 is 1.07 bits per heavy atom. The third kappa shape index (κ3) is 3.30. The number of aromatic nitrogens is 5. The molecule has 0 N–H and O–H groups in total. The molecule has 10 nitrogen and oxygen atoms in total. The number of hydrogen-bond acceptors (Lipinski definition) is 8. The monoisotopic (exact) mass is 397 g/mol. The van der Waals surface area contributed by atoms with Gasteiger partial charge in [0.25, 0.3) is 5.91 Å². The van der Waals surface area contributed by atoms with Gasteiger partial charge in [-0.3, -0.25) is 4.79 Å². The van der Waals surface area contributed by atoms with Gasteiger partial charge < -0.3 is 19.3 Å². The van der Waals surface area contributed by atoms with E-state index < -0.39 is 0 Å². The summed E-state index contributed by atoms with van der Waals surface area (Å²) in [7, 11) is 3.10. The van der Waals surface area contributed by atoms with Gasteiger partial charge in [-0.1, -0.05) is 11.3 Å². The van der Waals surface area contributed by atoms with E-state index in [0.29, 0.717) is 55.3 Å². The molecule has 3 heterocycles. The number of carbonyl (C=O) groups excluding carboxylic acids is 1. The van der Waals surface area contributed by atoms with Crippen molar-refractivity contribution in [1.29, 1.82) is 0 Å². The second-order valence-corrected chi connectivity index (χ2v) is 6.59. The van der Waals surface area contributed by atoms with Crippen LogP contribution in [0.2, 0.25) is 0 Å². The zero-order chi connectivity index (χ0) is 20.4. The fraction of sp³-hybridized carbons (Fsp3) is 0.421. The van der Waals surface area contributed by atoms with E-state index in [1.165, 1.54) is 6.33 Å². The standard InChI is InChI=1S/C19H23N7O3/c1-4-26-18-16(22-23-26)17(20-12-21-18)24-8-10-25(11-9-24)19(27)15-13(28-2)6-5-7-14(15)29-3/h5-7,12H,4,8-11H2,1-3H3. The van der Waals surface area contributed by atoms with Gasteiger partial charge in [-0.25, -0.2) is 14.6 Å². The van der Waals surface area contributed by atoms with Gasteiger partial charge >= 0.3 is 0 Å². The molecule has 1 aliphatic heterocycles. The first-order valence-electron chi connectivity index (χ1n) is 9.47. The first kappa shape index (κ1) is 18.9. The molecule has 2 aromatic heterocycles. The quantitative estimate of drug-likeness (QED) is 0.634. The number of nitrogens with zero attached hydrogens (tertiary/aromatic N) is 7.